The fourth-order valence-corrected chi connectivity index (χ4v) is 7.80. The Hall–Kier alpha value is -8.41. The summed E-state index contributed by atoms with van der Waals surface area (Å²) in [6.07, 6.45) is 0. The maximum atomic E-state index is 9.92. The van der Waals surface area contributed by atoms with E-state index in [1.165, 1.54) is 0 Å². The van der Waals surface area contributed by atoms with Gasteiger partial charge in [-0.05, 0) is 74.7 Å². The first-order valence-corrected chi connectivity index (χ1v) is 19.3. The first kappa shape index (κ1) is 20.7. The summed E-state index contributed by atoms with van der Waals surface area (Å²) in [5.41, 5.74) is 2.59. The SMILES string of the molecule is [2H]c1c([2H])c([2H])c(-c2c([2H])c([2H])c3c4c([2H])c([2H])c([2H])c([2H])c4n(-c4nc(-c5cccc(-c6ccc(-c7ccccc7-c7ccccc7)cc6)c5)nc(-n5c6c([2H])c([2H])c([2H])c([2H])c6c6c([2H])c([2H])c([2H])c([2H])c65)n4)c3c2[2H])c([2H])c1[2H]. The molecule has 0 unspecified atom stereocenters. The maximum Gasteiger partial charge on any atom is 0.240 e. The molecule has 0 aliphatic heterocycles. The standard InChI is InChI=1S/C57H37N5/c1-3-16-38(17-4-1)43-34-35-50-49-26-11-14-29-53(49)62(54(50)37-43)57-59-55(58-56(60-57)61-51-27-12-9-24-47(51)48-25-10-13-28-52(48)61)44-21-15-20-42(36-44)39-30-32-41(33-31-39)46-23-8-7-22-45(46)40-18-5-2-6-19-40/h1-37H/i1D,3D,4D,9D,10D,11D,12D,13D,14D,16D,17D,24D,25D,26D,27D,28D,29D,34D,35D,37D. The molecule has 3 heterocycles. The molecular weight excluding hydrogens is 755 g/mol. The Labute approximate surface area is 386 Å². The van der Waals surface area contributed by atoms with Gasteiger partial charge in [-0.1, -0.05) is 194 Å². The predicted molar refractivity (Wildman–Crippen MR) is 256 cm³/mol. The van der Waals surface area contributed by atoms with Crippen LogP contribution in [-0.4, -0.2) is 24.1 Å². The Kier molecular flexibility index (Phi) is 4.91. The van der Waals surface area contributed by atoms with Crippen LogP contribution in [0.1, 0.15) is 27.4 Å². The molecule has 290 valence electrons. The van der Waals surface area contributed by atoms with E-state index < -0.39 is 160 Å². The fraction of sp³-hybridized carbons (Fsp3) is 0. The first-order chi connectivity index (χ1) is 39.1. The van der Waals surface area contributed by atoms with E-state index in [2.05, 4.69) is 0 Å². The highest BCUT2D eigenvalue weighted by Gasteiger charge is 2.21. The second-order valence-corrected chi connectivity index (χ2v) is 14.1. The smallest absolute Gasteiger partial charge is 0.240 e. The summed E-state index contributed by atoms with van der Waals surface area (Å²) in [4.78, 5) is 14.6. The zero-order valence-corrected chi connectivity index (χ0v) is 32.1. The molecule has 0 saturated carbocycles. The van der Waals surface area contributed by atoms with Crippen molar-refractivity contribution in [2.24, 2.45) is 0 Å². The van der Waals surface area contributed by atoms with E-state index in [1.807, 2.05) is 84.9 Å². The van der Waals surface area contributed by atoms with Gasteiger partial charge in [-0.15, -0.1) is 0 Å². The lowest BCUT2D eigenvalue weighted by Gasteiger charge is -2.14. The maximum absolute atomic E-state index is 9.92. The van der Waals surface area contributed by atoms with Crippen LogP contribution in [0.25, 0.3) is 111 Å². The molecule has 9 aromatic carbocycles. The van der Waals surface area contributed by atoms with Crippen molar-refractivity contribution < 1.29 is 27.4 Å². The number of nitrogens with zero attached hydrogens (tertiary/aromatic N) is 5. The molecule has 0 spiro atoms. The van der Waals surface area contributed by atoms with Crippen molar-refractivity contribution in [3.05, 3.63) is 224 Å². The van der Waals surface area contributed by atoms with Crippen molar-refractivity contribution in [2.45, 2.75) is 0 Å². The predicted octanol–water partition coefficient (Wildman–Crippen LogP) is 14.4. The number of fused-ring (bicyclic) bond motifs is 6. The van der Waals surface area contributed by atoms with Gasteiger partial charge in [0.2, 0.25) is 11.9 Å². The second-order valence-electron chi connectivity index (χ2n) is 14.1. The monoisotopic (exact) mass is 811 g/mol. The van der Waals surface area contributed by atoms with Crippen molar-refractivity contribution >= 4 is 43.6 Å². The third-order valence-corrected chi connectivity index (χ3v) is 10.6. The van der Waals surface area contributed by atoms with Crippen molar-refractivity contribution in [1.82, 2.24) is 24.1 Å². The van der Waals surface area contributed by atoms with E-state index in [0.717, 1.165) is 37.0 Å². The van der Waals surface area contributed by atoms with Crippen LogP contribution < -0.4 is 0 Å². The summed E-state index contributed by atoms with van der Waals surface area (Å²) in [5, 5.41) is -1.44. The molecule has 5 nitrogen and oxygen atoms in total. The molecule has 0 aliphatic rings. The molecule has 3 aromatic heterocycles. The minimum absolute atomic E-state index is 0.233. The normalized spacial score (nSPS) is 16.1. The molecule has 0 aliphatic carbocycles. The van der Waals surface area contributed by atoms with Crippen LogP contribution in [0.15, 0.2) is 224 Å². The molecule has 62 heavy (non-hydrogen) atoms. The van der Waals surface area contributed by atoms with Crippen molar-refractivity contribution in [1.29, 1.82) is 0 Å². The summed E-state index contributed by atoms with van der Waals surface area (Å²) in [6, 6.07) is 17.5. The minimum Gasteiger partial charge on any atom is -0.278 e. The first-order valence-electron chi connectivity index (χ1n) is 29.3. The lowest BCUT2D eigenvalue weighted by Crippen LogP contribution is -2.10. The van der Waals surface area contributed by atoms with Gasteiger partial charge in [0.25, 0.3) is 0 Å². The van der Waals surface area contributed by atoms with Crippen LogP contribution in [0.2, 0.25) is 0 Å². The number of para-hydroxylation sites is 3. The van der Waals surface area contributed by atoms with Crippen LogP contribution in [0, 0.1) is 0 Å². The minimum atomic E-state index is -0.824. The highest BCUT2D eigenvalue weighted by atomic mass is 15.3. The lowest BCUT2D eigenvalue weighted by atomic mass is 9.93. The topological polar surface area (TPSA) is 48.5 Å². The third kappa shape index (κ3) is 5.98. The van der Waals surface area contributed by atoms with Gasteiger partial charge in [-0.25, -0.2) is 0 Å². The zero-order valence-electron chi connectivity index (χ0n) is 52.1. The Morgan fingerprint density at radius 3 is 1.44 bits per heavy atom. The summed E-state index contributed by atoms with van der Waals surface area (Å²) in [5.74, 6) is -1.38. The van der Waals surface area contributed by atoms with E-state index in [-0.39, 0.29) is 38.6 Å². The van der Waals surface area contributed by atoms with E-state index in [9.17, 15) is 9.60 Å². The molecule has 0 saturated heterocycles. The summed E-state index contributed by atoms with van der Waals surface area (Å²) in [7, 11) is 0. The molecule has 12 aromatic rings. The molecule has 0 atom stereocenters. The number of hydrogen-bond acceptors (Lipinski definition) is 3. The van der Waals surface area contributed by atoms with Gasteiger partial charge >= 0.3 is 0 Å². The Balaban J connectivity index is 1.20. The highest BCUT2D eigenvalue weighted by Crippen LogP contribution is 2.38. The van der Waals surface area contributed by atoms with Crippen LogP contribution in [0.4, 0.5) is 0 Å². The van der Waals surface area contributed by atoms with E-state index in [4.69, 9.17) is 32.8 Å². The number of rotatable bonds is 7. The van der Waals surface area contributed by atoms with Crippen molar-refractivity contribution in [3.8, 4) is 67.8 Å². The summed E-state index contributed by atoms with van der Waals surface area (Å²) < 4.78 is 182. The Bertz CT molecular complexity index is 4700. The number of aromatic nitrogens is 5. The summed E-state index contributed by atoms with van der Waals surface area (Å²) >= 11 is 0. The number of hydrogen-bond donors (Lipinski definition) is 0. The van der Waals surface area contributed by atoms with Gasteiger partial charge in [0.1, 0.15) is 0 Å². The van der Waals surface area contributed by atoms with Gasteiger partial charge in [0.15, 0.2) is 5.82 Å². The van der Waals surface area contributed by atoms with Crippen molar-refractivity contribution in [2.75, 3.05) is 0 Å². The van der Waals surface area contributed by atoms with Crippen LogP contribution in [0.3, 0.4) is 0 Å². The van der Waals surface area contributed by atoms with E-state index in [0.29, 0.717) is 5.56 Å². The third-order valence-electron chi connectivity index (χ3n) is 10.6. The van der Waals surface area contributed by atoms with Crippen LogP contribution in [0.5, 0.6) is 0 Å². The zero-order chi connectivity index (χ0) is 58.4. The molecular formula is C57H37N5. The molecule has 5 heteroatoms. The molecule has 0 fully saturated rings. The van der Waals surface area contributed by atoms with Gasteiger partial charge in [-0.2, -0.15) is 15.0 Å². The average Bonchev–Trinajstić information content (AvgIpc) is 2.65. The molecule has 0 N–H and O–H groups in total. The second kappa shape index (κ2) is 14.7. The molecule has 0 radical (unpaired) electrons. The summed E-state index contributed by atoms with van der Waals surface area (Å²) in [6.45, 7) is 0. The van der Waals surface area contributed by atoms with Crippen LogP contribution in [-0.2, 0) is 0 Å². The van der Waals surface area contributed by atoms with Gasteiger partial charge in [0.05, 0.1) is 49.5 Å². The van der Waals surface area contributed by atoms with Gasteiger partial charge in [-0.3, -0.25) is 9.13 Å². The molecule has 12 rings (SSSR count). The molecule has 0 amide bonds. The largest absolute Gasteiger partial charge is 0.278 e. The Morgan fingerprint density at radius 1 is 0.323 bits per heavy atom. The van der Waals surface area contributed by atoms with Gasteiger partial charge < -0.3 is 0 Å². The Morgan fingerprint density at radius 2 is 0.806 bits per heavy atom. The van der Waals surface area contributed by atoms with E-state index >= 15 is 0 Å². The van der Waals surface area contributed by atoms with E-state index in [1.54, 1.807) is 18.2 Å². The molecule has 0 bridgehead atoms. The average molecular weight is 812 g/mol. The van der Waals surface area contributed by atoms with Crippen molar-refractivity contribution in [3.63, 3.8) is 0 Å². The quantitative estimate of drug-likeness (QED) is 0.161. The highest BCUT2D eigenvalue weighted by molar-refractivity contribution is 6.11. The number of benzene rings is 9. The van der Waals surface area contributed by atoms with Crippen LogP contribution >= 0.6 is 0 Å². The lowest BCUT2D eigenvalue weighted by molar-refractivity contribution is 0.893. The van der Waals surface area contributed by atoms with Gasteiger partial charge in [0, 0.05) is 27.1 Å². The fourth-order valence-electron chi connectivity index (χ4n) is 7.80.